The molecule has 0 atom stereocenters. The monoisotopic (exact) mass is 266 g/mol. The van der Waals surface area contributed by atoms with Crippen LogP contribution in [-0.2, 0) is 6.44 Å². The number of fused-ring (bicyclic) bond motifs is 1. The van der Waals surface area contributed by atoms with E-state index >= 15 is 0 Å². The van der Waals surface area contributed by atoms with Crippen molar-refractivity contribution >= 4 is 18.0 Å². The van der Waals surface area contributed by atoms with Crippen molar-refractivity contribution in [1.29, 1.82) is 0 Å². The molecule has 1 aromatic heterocycles. The molecule has 0 amide bonds. The number of para-hydroxylation sites is 2. The van der Waals surface area contributed by atoms with Gasteiger partial charge in [-0.3, -0.25) is 4.79 Å². The maximum absolute atomic E-state index is 12.3. The van der Waals surface area contributed by atoms with Crippen LogP contribution < -0.4 is 56.9 Å². The molecule has 0 saturated carbocycles. The Morgan fingerprint density at radius 3 is 2.53 bits per heavy atom. The summed E-state index contributed by atoms with van der Waals surface area (Å²) in [7, 11) is 0. The summed E-state index contributed by atoms with van der Waals surface area (Å²) in [6.45, 7) is -5.05. The Labute approximate surface area is 138 Å². The number of rotatable bonds is 2. The van der Waals surface area contributed by atoms with Crippen molar-refractivity contribution in [3.63, 3.8) is 0 Å². The van der Waals surface area contributed by atoms with Crippen LogP contribution in [0.2, 0.25) is 0 Å². The number of hydrogen-bond donors (Lipinski definition) is 0. The van der Waals surface area contributed by atoms with Crippen LogP contribution in [0.4, 0.5) is 12.9 Å². The molecule has 0 spiro atoms. The SMILES string of the molecule is O=c1cnc2ccccc2n1C[B-](F)(F)F.[K+]. The van der Waals surface area contributed by atoms with Crippen molar-refractivity contribution in [2.45, 2.75) is 6.44 Å². The Morgan fingerprint density at radius 1 is 1.24 bits per heavy atom. The summed E-state index contributed by atoms with van der Waals surface area (Å²) in [5.41, 5.74) is -0.158. The van der Waals surface area contributed by atoms with Crippen LogP contribution in [0.5, 0.6) is 0 Å². The summed E-state index contributed by atoms with van der Waals surface area (Å²) in [6.07, 6.45) is -0.327. The summed E-state index contributed by atoms with van der Waals surface area (Å²) in [5.74, 6) is 0. The van der Waals surface area contributed by atoms with Gasteiger partial charge in [-0.2, -0.15) is 0 Å². The zero-order valence-corrected chi connectivity index (χ0v) is 12.2. The van der Waals surface area contributed by atoms with Crippen LogP contribution in [0.15, 0.2) is 35.3 Å². The molecule has 0 N–H and O–H groups in total. The van der Waals surface area contributed by atoms with Gasteiger partial charge in [-0.1, -0.05) is 12.1 Å². The fourth-order valence-corrected chi connectivity index (χ4v) is 1.51. The van der Waals surface area contributed by atoms with Gasteiger partial charge in [0.1, 0.15) is 0 Å². The first-order chi connectivity index (χ1) is 7.47. The van der Waals surface area contributed by atoms with E-state index in [1.165, 1.54) is 6.07 Å². The van der Waals surface area contributed by atoms with E-state index in [2.05, 4.69) is 4.98 Å². The summed E-state index contributed by atoms with van der Waals surface area (Å²) >= 11 is 0. The Bertz CT molecular complexity index is 584. The number of aromatic nitrogens is 2. The van der Waals surface area contributed by atoms with E-state index in [0.29, 0.717) is 10.1 Å². The standard InChI is InChI=1S/C9H7BF3N2O.K/c11-10(12,13)6-15-8-4-2-1-3-7(8)14-5-9(15)16;/h1-5H,6H2;/q-1;+1. The first-order valence-electron chi connectivity index (χ1n) is 4.63. The van der Waals surface area contributed by atoms with Gasteiger partial charge >= 0.3 is 58.4 Å². The third kappa shape index (κ3) is 3.65. The van der Waals surface area contributed by atoms with Crippen LogP contribution in [-0.4, -0.2) is 16.5 Å². The molecule has 0 bridgehead atoms. The zero-order valence-electron chi connectivity index (χ0n) is 9.11. The van der Waals surface area contributed by atoms with Crippen molar-refractivity contribution in [3.8, 4) is 0 Å². The van der Waals surface area contributed by atoms with Crippen molar-refractivity contribution in [1.82, 2.24) is 9.55 Å². The molecule has 0 unspecified atom stereocenters. The van der Waals surface area contributed by atoms with E-state index in [4.69, 9.17) is 0 Å². The second-order valence-corrected chi connectivity index (χ2v) is 3.41. The van der Waals surface area contributed by atoms with Crippen LogP contribution in [0.25, 0.3) is 11.0 Å². The minimum atomic E-state index is -5.05. The average Bonchev–Trinajstić information content (AvgIpc) is 2.21. The molecule has 0 aliphatic heterocycles. The average molecular weight is 266 g/mol. The molecule has 0 saturated heterocycles. The van der Waals surface area contributed by atoms with Gasteiger partial charge < -0.3 is 17.5 Å². The maximum Gasteiger partial charge on any atom is 1.00 e. The summed E-state index contributed by atoms with van der Waals surface area (Å²) in [6, 6.07) is 6.24. The predicted molar refractivity (Wildman–Crippen MR) is 55.1 cm³/mol. The van der Waals surface area contributed by atoms with E-state index in [9.17, 15) is 17.7 Å². The number of benzene rings is 1. The predicted octanol–water partition coefficient (Wildman–Crippen LogP) is -1.21. The van der Waals surface area contributed by atoms with Crippen LogP contribution >= 0.6 is 0 Å². The topological polar surface area (TPSA) is 34.9 Å². The van der Waals surface area contributed by atoms with E-state index in [0.717, 1.165) is 6.20 Å². The van der Waals surface area contributed by atoms with Gasteiger partial charge in [0, 0.05) is 0 Å². The van der Waals surface area contributed by atoms with E-state index < -0.39 is 19.0 Å². The Morgan fingerprint density at radius 2 is 1.88 bits per heavy atom. The molecular formula is C9H7BF3KN2O. The molecule has 2 aromatic rings. The van der Waals surface area contributed by atoms with Crippen molar-refractivity contribution < 1.29 is 64.3 Å². The molecular weight excluding hydrogens is 259 g/mol. The zero-order chi connectivity index (χ0) is 11.8. The molecule has 0 aliphatic carbocycles. The molecule has 0 aliphatic rings. The number of halogens is 3. The third-order valence-corrected chi connectivity index (χ3v) is 2.14. The second-order valence-electron chi connectivity index (χ2n) is 3.41. The molecule has 17 heavy (non-hydrogen) atoms. The molecule has 0 radical (unpaired) electrons. The van der Waals surface area contributed by atoms with Gasteiger partial charge in [-0.15, -0.1) is 0 Å². The van der Waals surface area contributed by atoms with Crippen molar-refractivity contribution in [2.24, 2.45) is 0 Å². The fraction of sp³-hybridized carbons (Fsp3) is 0.111. The van der Waals surface area contributed by atoms with Gasteiger partial charge in [-0.05, 0) is 18.6 Å². The largest absolute Gasteiger partial charge is 1.00 e. The molecule has 1 aromatic carbocycles. The molecule has 8 heteroatoms. The van der Waals surface area contributed by atoms with Gasteiger partial charge in [0.05, 0.1) is 17.2 Å². The Kier molecular flexibility index (Phi) is 4.97. The van der Waals surface area contributed by atoms with E-state index in [1.807, 2.05) is 0 Å². The van der Waals surface area contributed by atoms with Gasteiger partial charge in [0.15, 0.2) is 0 Å². The normalized spacial score (nSPS) is 11.2. The number of nitrogens with zero attached hydrogens (tertiary/aromatic N) is 2. The van der Waals surface area contributed by atoms with Crippen molar-refractivity contribution in [3.05, 3.63) is 40.8 Å². The van der Waals surface area contributed by atoms with Gasteiger partial charge in [0.2, 0.25) is 0 Å². The summed E-state index contributed by atoms with van der Waals surface area (Å²) in [5, 5.41) is 0. The minimum absolute atomic E-state index is 0. The molecule has 84 valence electrons. The second kappa shape index (κ2) is 5.66. The van der Waals surface area contributed by atoms with E-state index in [1.54, 1.807) is 18.2 Å². The fourth-order valence-electron chi connectivity index (χ4n) is 1.51. The first-order valence-corrected chi connectivity index (χ1v) is 4.63. The van der Waals surface area contributed by atoms with Gasteiger partial charge in [0.25, 0.3) is 5.56 Å². The third-order valence-electron chi connectivity index (χ3n) is 2.14. The maximum atomic E-state index is 12.3. The molecule has 3 nitrogen and oxygen atoms in total. The minimum Gasteiger partial charge on any atom is -0.448 e. The molecule has 1 heterocycles. The Balaban J connectivity index is 0.00000144. The van der Waals surface area contributed by atoms with Crippen LogP contribution in [0.3, 0.4) is 0 Å². The van der Waals surface area contributed by atoms with Gasteiger partial charge in [-0.25, -0.2) is 4.98 Å². The number of hydrogen-bond acceptors (Lipinski definition) is 2. The molecule has 0 fully saturated rings. The summed E-state index contributed by atoms with van der Waals surface area (Å²) < 4.78 is 37.7. The Hall–Kier alpha value is -0.149. The first kappa shape index (κ1) is 14.9. The van der Waals surface area contributed by atoms with Crippen molar-refractivity contribution in [2.75, 3.05) is 0 Å². The quantitative estimate of drug-likeness (QED) is 0.639. The van der Waals surface area contributed by atoms with Crippen LogP contribution in [0.1, 0.15) is 0 Å². The molecule has 2 rings (SSSR count). The van der Waals surface area contributed by atoms with E-state index in [-0.39, 0.29) is 56.9 Å². The van der Waals surface area contributed by atoms with Crippen LogP contribution in [0, 0.1) is 0 Å². The smallest absolute Gasteiger partial charge is 0.448 e. The summed E-state index contributed by atoms with van der Waals surface area (Å²) in [4.78, 5) is 15.1.